The molecule has 0 bridgehead atoms. The lowest BCUT2D eigenvalue weighted by Gasteiger charge is -2.17. The minimum atomic E-state index is -1.01. The minimum Gasteiger partial charge on any atom is -0.481 e. The van der Waals surface area contributed by atoms with Gasteiger partial charge in [0.25, 0.3) is 5.91 Å². The Morgan fingerprint density at radius 2 is 1.91 bits per heavy atom. The molecule has 120 valence electrons. The van der Waals surface area contributed by atoms with Crippen molar-refractivity contribution in [1.29, 1.82) is 0 Å². The number of nitrogens with zero attached hydrogens (tertiary/aromatic N) is 2. The highest BCUT2D eigenvalue weighted by Crippen LogP contribution is 2.20. The van der Waals surface area contributed by atoms with Crippen LogP contribution in [0.3, 0.4) is 0 Å². The Kier molecular flexibility index (Phi) is 5.64. The molecule has 2 N–H and O–H groups in total. The maximum absolute atomic E-state index is 12.2. The largest absolute Gasteiger partial charge is 0.481 e. The van der Waals surface area contributed by atoms with E-state index in [1.807, 2.05) is 0 Å². The Hall–Kier alpha value is -2.48. The molecule has 2 rings (SSSR count). The zero-order chi connectivity index (χ0) is 16.8. The summed E-state index contributed by atoms with van der Waals surface area (Å²) in [5, 5.41) is 19.2. The number of aliphatic carboxylic acids is 1. The highest BCUT2D eigenvalue weighted by Gasteiger charge is 2.20. The van der Waals surface area contributed by atoms with Crippen molar-refractivity contribution in [2.45, 2.75) is 12.5 Å². The number of amides is 1. The lowest BCUT2D eigenvalue weighted by molar-refractivity contribution is -0.137. The summed E-state index contributed by atoms with van der Waals surface area (Å²) in [6, 6.07) is 9.36. The lowest BCUT2D eigenvalue weighted by Crippen LogP contribution is -2.31. The summed E-state index contributed by atoms with van der Waals surface area (Å²) in [5.74, 6) is -1.23. The standard InChI is InChI=1S/C15H14BrN3O4/c1-23-13-7-6-11(18-19-13)15(22)17-12(8-14(20)21)9-2-4-10(16)5-3-9/h2-7,12H,8H2,1H3,(H,17,22)(H,20,21)/t12-/m0/s1. The Labute approximate surface area is 140 Å². The summed E-state index contributed by atoms with van der Waals surface area (Å²) in [4.78, 5) is 23.3. The second-order valence-electron chi connectivity index (χ2n) is 4.64. The number of rotatable bonds is 6. The highest BCUT2D eigenvalue weighted by atomic mass is 79.9. The van der Waals surface area contributed by atoms with Gasteiger partial charge in [-0.05, 0) is 23.8 Å². The van der Waals surface area contributed by atoms with E-state index in [0.29, 0.717) is 5.56 Å². The van der Waals surface area contributed by atoms with Crippen LogP contribution in [0, 0.1) is 0 Å². The number of carboxylic acids is 1. The molecule has 0 aliphatic carbocycles. The first-order chi connectivity index (χ1) is 11.0. The van der Waals surface area contributed by atoms with Crippen LogP contribution in [0.5, 0.6) is 5.88 Å². The van der Waals surface area contributed by atoms with E-state index in [9.17, 15) is 9.59 Å². The van der Waals surface area contributed by atoms with Crippen LogP contribution >= 0.6 is 15.9 Å². The summed E-state index contributed by atoms with van der Waals surface area (Å²) < 4.78 is 5.74. The third-order valence-electron chi connectivity index (χ3n) is 3.04. The molecule has 0 aliphatic rings. The van der Waals surface area contributed by atoms with E-state index < -0.39 is 17.9 Å². The topological polar surface area (TPSA) is 101 Å². The molecule has 0 aliphatic heterocycles. The van der Waals surface area contributed by atoms with Gasteiger partial charge in [-0.15, -0.1) is 10.2 Å². The number of methoxy groups -OCH3 is 1. The molecule has 23 heavy (non-hydrogen) atoms. The number of benzene rings is 1. The molecule has 0 radical (unpaired) electrons. The molecule has 0 saturated heterocycles. The van der Waals surface area contributed by atoms with Gasteiger partial charge in [-0.3, -0.25) is 9.59 Å². The van der Waals surface area contributed by atoms with Crippen LogP contribution in [0.15, 0.2) is 40.9 Å². The molecule has 0 saturated carbocycles. The maximum Gasteiger partial charge on any atom is 0.305 e. The average Bonchev–Trinajstić information content (AvgIpc) is 2.54. The second kappa shape index (κ2) is 7.68. The molecule has 1 aromatic heterocycles. The van der Waals surface area contributed by atoms with E-state index in [1.165, 1.54) is 19.2 Å². The van der Waals surface area contributed by atoms with Gasteiger partial charge in [0.15, 0.2) is 5.69 Å². The molecule has 2 aromatic rings. The third kappa shape index (κ3) is 4.75. The molecular formula is C15H14BrN3O4. The number of halogens is 1. The number of hydrogen-bond acceptors (Lipinski definition) is 5. The van der Waals surface area contributed by atoms with E-state index >= 15 is 0 Å². The van der Waals surface area contributed by atoms with Gasteiger partial charge in [0.1, 0.15) is 0 Å². The molecule has 0 unspecified atom stereocenters. The van der Waals surface area contributed by atoms with Crippen LogP contribution in [0.2, 0.25) is 0 Å². The maximum atomic E-state index is 12.2. The third-order valence-corrected chi connectivity index (χ3v) is 3.57. The molecule has 1 aromatic carbocycles. The van der Waals surface area contributed by atoms with Crippen molar-refractivity contribution in [1.82, 2.24) is 15.5 Å². The minimum absolute atomic E-state index is 0.0818. The van der Waals surface area contributed by atoms with Crippen LogP contribution in [0.4, 0.5) is 0 Å². The van der Waals surface area contributed by atoms with Crippen molar-refractivity contribution in [2.75, 3.05) is 7.11 Å². The van der Waals surface area contributed by atoms with Gasteiger partial charge < -0.3 is 15.2 Å². The first kappa shape index (κ1) is 16.9. The molecule has 7 nitrogen and oxygen atoms in total. The van der Waals surface area contributed by atoms with Crippen LogP contribution in [-0.2, 0) is 4.79 Å². The van der Waals surface area contributed by atoms with Crippen LogP contribution in [-0.4, -0.2) is 34.3 Å². The number of hydrogen-bond donors (Lipinski definition) is 2. The summed E-state index contributed by atoms with van der Waals surface area (Å²) in [6.07, 6.45) is -0.239. The molecule has 0 spiro atoms. The molecule has 0 fully saturated rings. The van der Waals surface area contributed by atoms with Crippen molar-refractivity contribution >= 4 is 27.8 Å². The average molecular weight is 380 g/mol. The van der Waals surface area contributed by atoms with E-state index in [2.05, 4.69) is 31.4 Å². The highest BCUT2D eigenvalue weighted by molar-refractivity contribution is 9.10. The van der Waals surface area contributed by atoms with Gasteiger partial charge in [-0.25, -0.2) is 0 Å². The number of carboxylic acid groups (broad SMARTS) is 1. The van der Waals surface area contributed by atoms with Crippen molar-refractivity contribution in [3.05, 3.63) is 52.1 Å². The van der Waals surface area contributed by atoms with Crippen LogP contribution < -0.4 is 10.1 Å². The van der Waals surface area contributed by atoms with Crippen molar-refractivity contribution in [3.63, 3.8) is 0 Å². The number of ether oxygens (including phenoxy) is 1. The summed E-state index contributed by atoms with van der Waals surface area (Å²) in [6.45, 7) is 0. The summed E-state index contributed by atoms with van der Waals surface area (Å²) in [5.41, 5.74) is 0.767. The number of nitrogens with one attached hydrogen (secondary N) is 1. The SMILES string of the molecule is COc1ccc(C(=O)N[C@@H](CC(=O)O)c2ccc(Br)cc2)nn1. The Balaban J connectivity index is 2.17. The van der Waals surface area contributed by atoms with Gasteiger partial charge in [0.2, 0.25) is 5.88 Å². The zero-order valence-electron chi connectivity index (χ0n) is 12.2. The number of carbonyl (C=O) groups is 2. The lowest BCUT2D eigenvalue weighted by atomic mass is 10.0. The molecule has 1 amide bonds. The van der Waals surface area contributed by atoms with E-state index in [-0.39, 0.29) is 18.0 Å². The first-order valence-electron chi connectivity index (χ1n) is 6.65. The Morgan fingerprint density at radius 3 is 2.43 bits per heavy atom. The van der Waals surface area contributed by atoms with Crippen molar-refractivity contribution < 1.29 is 19.4 Å². The second-order valence-corrected chi connectivity index (χ2v) is 5.55. The molecular weight excluding hydrogens is 366 g/mol. The zero-order valence-corrected chi connectivity index (χ0v) is 13.8. The van der Waals surface area contributed by atoms with Gasteiger partial charge in [-0.2, -0.15) is 0 Å². The molecule has 8 heteroatoms. The fourth-order valence-corrected chi connectivity index (χ4v) is 2.17. The molecule has 1 atom stereocenters. The van der Waals surface area contributed by atoms with Gasteiger partial charge in [0, 0.05) is 10.5 Å². The van der Waals surface area contributed by atoms with Crippen LogP contribution in [0.1, 0.15) is 28.5 Å². The normalized spacial score (nSPS) is 11.6. The van der Waals surface area contributed by atoms with Crippen molar-refractivity contribution in [3.8, 4) is 5.88 Å². The number of carbonyl (C=O) groups excluding carboxylic acids is 1. The van der Waals surface area contributed by atoms with E-state index in [4.69, 9.17) is 9.84 Å². The predicted molar refractivity (Wildman–Crippen MR) is 85.2 cm³/mol. The van der Waals surface area contributed by atoms with Gasteiger partial charge in [0.05, 0.1) is 19.6 Å². The van der Waals surface area contributed by atoms with Crippen molar-refractivity contribution in [2.24, 2.45) is 0 Å². The molecule has 1 heterocycles. The monoisotopic (exact) mass is 379 g/mol. The first-order valence-corrected chi connectivity index (χ1v) is 7.44. The smallest absolute Gasteiger partial charge is 0.305 e. The van der Waals surface area contributed by atoms with Gasteiger partial charge in [-0.1, -0.05) is 28.1 Å². The quantitative estimate of drug-likeness (QED) is 0.797. The van der Waals surface area contributed by atoms with E-state index in [1.54, 1.807) is 24.3 Å². The summed E-state index contributed by atoms with van der Waals surface area (Å²) in [7, 11) is 1.44. The van der Waals surface area contributed by atoms with E-state index in [0.717, 1.165) is 4.47 Å². The number of aromatic nitrogens is 2. The fourth-order valence-electron chi connectivity index (χ4n) is 1.90. The Morgan fingerprint density at radius 1 is 1.22 bits per heavy atom. The predicted octanol–water partition coefficient (Wildman–Crippen LogP) is 2.19. The Bertz CT molecular complexity index is 689. The fraction of sp³-hybridized carbons (Fsp3) is 0.200. The van der Waals surface area contributed by atoms with Gasteiger partial charge >= 0.3 is 5.97 Å². The summed E-state index contributed by atoms with van der Waals surface area (Å²) >= 11 is 3.31. The van der Waals surface area contributed by atoms with Crippen LogP contribution in [0.25, 0.3) is 0 Å².